The van der Waals surface area contributed by atoms with Crippen molar-refractivity contribution in [3.63, 3.8) is 0 Å². The summed E-state index contributed by atoms with van der Waals surface area (Å²) < 4.78 is 35.6. The second-order valence-corrected chi connectivity index (χ2v) is 9.04. The van der Waals surface area contributed by atoms with E-state index < -0.39 is 56.0 Å². The van der Waals surface area contributed by atoms with E-state index in [1.807, 2.05) is 0 Å². The van der Waals surface area contributed by atoms with Gasteiger partial charge < -0.3 is 24.7 Å². The molecule has 0 spiro atoms. The van der Waals surface area contributed by atoms with Crippen molar-refractivity contribution >= 4 is 7.82 Å². The molecule has 14 heteroatoms. The Morgan fingerprint density at radius 1 is 1.06 bits per heavy atom. The first-order valence-corrected chi connectivity index (χ1v) is 11.8. The fourth-order valence-electron chi connectivity index (χ4n) is 3.69. The maximum absolute atomic E-state index is 13.2. The second kappa shape index (κ2) is 9.91. The highest BCUT2D eigenvalue weighted by Crippen LogP contribution is 2.38. The van der Waals surface area contributed by atoms with E-state index in [2.05, 4.69) is 9.51 Å². The van der Waals surface area contributed by atoms with Gasteiger partial charge in [0, 0.05) is 18.5 Å². The number of nitrogens with zero attached hydrogens (tertiary/aromatic N) is 3. The van der Waals surface area contributed by atoms with Gasteiger partial charge in [-0.25, -0.2) is 13.8 Å². The van der Waals surface area contributed by atoms with Gasteiger partial charge in [-0.1, -0.05) is 12.1 Å². The van der Waals surface area contributed by atoms with Crippen molar-refractivity contribution in [1.29, 1.82) is 0 Å². The van der Waals surface area contributed by atoms with Crippen LogP contribution < -0.4 is 11.2 Å². The first-order valence-electron chi connectivity index (χ1n) is 10.3. The van der Waals surface area contributed by atoms with Crippen LogP contribution in [0.25, 0.3) is 11.1 Å². The van der Waals surface area contributed by atoms with Crippen LogP contribution >= 0.6 is 7.82 Å². The maximum Gasteiger partial charge on any atom is 0.469 e. The number of ether oxygens (including phenoxy) is 1. The molecule has 1 aliphatic rings. The number of aliphatic hydroxyl groups is 2. The minimum absolute atomic E-state index is 0.232. The molecule has 1 aromatic carbocycles. The Morgan fingerprint density at radius 3 is 2.46 bits per heavy atom. The van der Waals surface area contributed by atoms with Gasteiger partial charge in [-0.2, -0.15) is 0 Å². The molecule has 1 fully saturated rings. The van der Waals surface area contributed by atoms with Gasteiger partial charge in [-0.3, -0.25) is 23.4 Å². The van der Waals surface area contributed by atoms with E-state index in [0.717, 1.165) is 21.4 Å². The van der Waals surface area contributed by atoms with E-state index in [1.54, 1.807) is 24.3 Å². The van der Waals surface area contributed by atoms with Crippen LogP contribution in [-0.2, 0) is 20.4 Å². The number of hydrogen-bond donors (Lipinski definition) is 4. The molecule has 4 atom stereocenters. The van der Waals surface area contributed by atoms with Crippen LogP contribution in [0, 0.1) is 5.82 Å². The number of phosphoric acid groups is 1. The zero-order valence-corrected chi connectivity index (χ0v) is 18.8. The zero-order valence-electron chi connectivity index (χ0n) is 17.9. The topological polar surface area (TPSA) is 173 Å². The van der Waals surface area contributed by atoms with Crippen molar-refractivity contribution in [3.05, 3.63) is 87.2 Å². The molecule has 2 aromatic heterocycles. The Labute approximate surface area is 196 Å². The number of halogens is 1. The Bertz CT molecular complexity index is 1370. The highest BCUT2D eigenvalue weighted by atomic mass is 31.2. The van der Waals surface area contributed by atoms with E-state index in [1.165, 1.54) is 18.3 Å². The van der Waals surface area contributed by atoms with E-state index in [9.17, 15) is 28.8 Å². The predicted octanol–water partition coefficient (Wildman–Crippen LogP) is -0.0121. The van der Waals surface area contributed by atoms with Gasteiger partial charge in [0.1, 0.15) is 24.1 Å². The third kappa shape index (κ3) is 5.63. The van der Waals surface area contributed by atoms with E-state index in [4.69, 9.17) is 14.5 Å². The average Bonchev–Trinajstić information content (AvgIpc) is 3.09. The molecule has 12 nitrogen and oxygen atoms in total. The summed E-state index contributed by atoms with van der Waals surface area (Å²) in [7, 11) is -4.86. The quantitative estimate of drug-likeness (QED) is 0.317. The van der Waals surface area contributed by atoms with Crippen LogP contribution in [0.5, 0.6) is 0 Å². The number of phosphoric ester groups is 1. The fraction of sp³-hybridized carbons (Fsp3) is 0.286. The van der Waals surface area contributed by atoms with Gasteiger partial charge in [-0.05, 0) is 35.4 Å². The largest absolute Gasteiger partial charge is 0.469 e. The summed E-state index contributed by atoms with van der Waals surface area (Å²) in [5.74, 6) is -0.392. The van der Waals surface area contributed by atoms with Crippen LogP contribution in [0.1, 0.15) is 11.9 Å². The first kappa shape index (κ1) is 25.1. The fourth-order valence-corrected chi connectivity index (χ4v) is 4.03. The Balaban J connectivity index is 1.60. The molecular formula is C21H21FN3O9P. The van der Waals surface area contributed by atoms with Crippen molar-refractivity contribution in [2.45, 2.75) is 31.1 Å². The molecule has 1 unspecified atom stereocenters. The minimum Gasteiger partial charge on any atom is -0.387 e. The monoisotopic (exact) mass is 509 g/mol. The summed E-state index contributed by atoms with van der Waals surface area (Å²) in [6.07, 6.45) is -3.50. The lowest BCUT2D eigenvalue weighted by molar-refractivity contribution is -0.0548. The molecule has 3 aromatic rings. The van der Waals surface area contributed by atoms with Crippen LogP contribution in [0.3, 0.4) is 0 Å². The molecule has 0 saturated carbocycles. The van der Waals surface area contributed by atoms with Crippen molar-refractivity contribution < 1.29 is 38.2 Å². The standard InChI is InChI=1S/C21H21FN3O9P/c22-14-3-1-12(2-4-14)13-5-7-23-15(9-13)10-25-17(26)6-8-24(21(25)29)20-19(28)18(27)16(34-20)11-33-35(30,31)32/h1-9,16,18-20,27-28H,10-11H2,(H2,30,31,32)/t16-,18+,19?,20-/m1/s1. The number of benzene rings is 1. The lowest BCUT2D eigenvalue weighted by Gasteiger charge is -2.18. The molecule has 4 N–H and O–H groups in total. The Kier molecular flexibility index (Phi) is 7.10. The smallest absolute Gasteiger partial charge is 0.387 e. The molecule has 1 saturated heterocycles. The van der Waals surface area contributed by atoms with E-state index in [-0.39, 0.29) is 6.54 Å². The van der Waals surface area contributed by atoms with Crippen LogP contribution in [-0.4, -0.2) is 59.0 Å². The van der Waals surface area contributed by atoms with Crippen molar-refractivity contribution in [3.8, 4) is 11.1 Å². The van der Waals surface area contributed by atoms with E-state index >= 15 is 0 Å². The number of pyridine rings is 1. The van der Waals surface area contributed by atoms with Crippen LogP contribution in [0.15, 0.2) is 64.4 Å². The summed E-state index contributed by atoms with van der Waals surface area (Å²) in [4.78, 5) is 47.4. The van der Waals surface area contributed by atoms with Gasteiger partial charge in [0.2, 0.25) is 0 Å². The van der Waals surface area contributed by atoms with Crippen molar-refractivity contribution in [2.24, 2.45) is 0 Å². The third-order valence-electron chi connectivity index (χ3n) is 5.43. The molecule has 1 aliphatic heterocycles. The predicted molar refractivity (Wildman–Crippen MR) is 118 cm³/mol. The summed E-state index contributed by atoms with van der Waals surface area (Å²) >= 11 is 0. The van der Waals surface area contributed by atoms with Gasteiger partial charge in [0.25, 0.3) is 5.56 Å². The minimum atomic E-state index is -4.86. The normalized spacial score (nSPS) is 22.4. The van der Waals surface area contributed by atoms with Crippen LogP contribution in [0.4, 0.5) is 4.39 Å². The maximum atomic E-state index is 13.2. The lowest BCUT2D eigenvalue weighted by atomic mass is 10.1. The highest BCUT2D eigenvalue weighted by molar-refractivity contribution is 7.46. The van der Waals surface area contributed by atoms with Gasteiger partial charge in [0.05, 0.1) is 18.8 Å². The lowest BCUT2D eigenvalue weighted by Crippen LogP contribution is -2.43. The number of hydrogen-bond acceptors (Lipinski definition) is 8. The van der Waals surface area contributed by atoms with Crippen LogP contribution in [0.2, 0.25) is 0 Å². The molecule has 0 amide bonds. The number of rotatable bonds is 7. The Hall–Kier alpha value is -3.03. The Morgan fingerprint density at radius 2 is 1.77 bits per heavy atom. The third-order valence-corrected chi connectivity index (χ3v) is 5.91. The average molecular weight is 509 g/mol. The first-order chi connectivity index (χ1) is 16.5. The highest BCUT2D eigenvalue weighted by Gasteiger charge is 2.45. The summed E-state index contributed by atoms with van der Waals surface area (Å²) in [6, 6.07) is 10.1. The number of aromatic nitrogens is 3. The summed E-state index contributed by atoms with van der Waals surface area (Å²) in [5, 5.41) is 20.5. The molecule has 0 bridgehead atoms. The SMILES string of the molecule is O=c1ccn([C@@H]2O[C@H](COP(=O)(O)O)[C@H](O)C2O)c(=O)n1Cc1cc(-c2ccc(F)cc2)ccn1. The molecule has 0 aliphatic carbocycles. The van der Waals surface area contributed by atoms with Gasteiger partial charge >= 0.3 is 13.5 Å². The van der Waals surface area contributed by atoms with Crippen molar-refractivity contribution in [2.75, 3.05) is 6.61 Å². The molecule has 3 heterocycles. The molecule has 186 valence electrons. The van der Waals surface area contributed by atoms with Gasteiger partial charge in [0.15, 0.2) is 6.23 Å². The number of aliphatic hydroxyl groups excluding tert-OH is 2. The second-order valence-electron chi connectivity index (χ2n) is 7.81. The van der Waals surface area contributed by atoms with Gasteiger partial charge in [-0.15, -0.1) is 0 Å². The van der Waals surface area contributed by atoms with E-state index in [0.29, 0.717) is 16.8 Å². The molecule has 4 rings (SSSR count). The van der Waals surface area contributed by atoms with Crippen molar-refractivity contribution in [1.82, 2.24) is 14.1 Å². The molecule has 35 heavy (non-hydrogen) atoms. The zero-order chi connectivity index (χ0) is 25.3. The summed E-state index contributed by atoms with van der Waals surface area (Å²) in [5.41, 5.74) is 0.205. The molecular weight excluding hydrogens is 488 g/mol. The summed E-state index contributed by atoms with van der Waals surface area (Å²) in [6.45, 7) is -0.975. The molecule has 0 radical (unpaired) electrons.